The van der Waals surface area contributed by atoms with Gasteiger partial charge in [-0.2, -0.15) is 0 Å². The highest BCUT2D eigenvalue weighted by molar-refractivity contribution is 6.29. The van der Waals surface area contributed by atoms with E-state index in [1.807, 2.05) is 0 Å². The van der Waals surface area contributed by atoms with Crippen molar-refractivity contribution in [3.05, 3.63) is 267 Å². The third kappa shape index (κ3) is 6.47. The molecule has 15 aromatic rings. The Bertz CT molecular complexity index is 4590. The van der Waals surface area contributed by atoms with E-state index in [2.05, 4.69) is 267 Å². The third-order valence-electron chi connectivity index (χ3n) is 15.6. The first-order valence-electron chi connectivity index (χ1n) is 25.0. The van der Waals surface area contributed by atoms with Gasteiger partial charge >= 0.3 is 0 Å². The Kier molecular flexibility index (Phi) is 9.06. The summed E-state index contributed by atoms with van der Waals surface area (Å²) in [6, 6.07) is 99.4. The van der Waals surface area contributed by atoms with Gasteiger partial charge in [0, 0.05) is 0 Å². The zero-order valence-corrected chi connectivity index (χ0v) is 39.4. The summed E-state index contributed by atoms with van der Waals surface area (Å²) < 4.78 is 0. The van der Waals surface area contributed by atoms with Crippen LogP contribution in [0.25, 0.3) is 153 Å². The Hall–Kier alpha value is -9.36. The highest BCUT2D eigenvalue weighted by atomic mass is 14.2. The van der Waals surface area contributed by atoms with Gasteiger partial charge in [0.15, 0.2) is 0 Å². The summed E-state index contributed by atoms with van der Waals surface area (Å²) in [7, 11) is 0. The Morgan fingerprint density at radius 3 is 0.861 bits per heavy atom. The van der Waals surface area contributed by atoms with Crippen LogP contribution >= 0.6 is 0 Å². The fourth-order valence-electron chi connectivity index (χ4n) is 12.0. The molecule has 0 aliphatic heterocycles. The molecular formula is C72H44. The van der Waals surface area contributed by atoms with Crippen LogP contribution in [0, 0.1) is 0 Å². The average molecular weight is 909 g/mol. The number of hydrogen-bond acceptors (Lipinski definition) is 0. The molecule has 72 heavy (non-hydrogen) atoms. The number of rotatable bonds is 7. The van der Waals surface area contributed by atoms with Gasteiger partial charge in [-0.3, -0.25) is 0 Å². The molecule has 0 bridgehead atoms. The normalized spacial score (nSPS) is 11.9. The summed E-state index contributed by atoms with van der Waals surface area (Å²) in [5.41, 5.74) is 17.2. The highest BCUT2D eigenvalue weighted by Gasteiger charge is 2.18. The molecule has 0 nitrogen and oxygen atoms in total. The standard InChI is InChI=1S/C72H44/c1-2-10-48(11-3-1)61-33-25-49-30-38-66-62(34-26-50-29-37-65(61)69(49)70(50)66)58-16-6-13-54(42-58)46-19-21-47(22-20-46)55-14-7-17-59(43-55)63-35-27-51-32-40-68-64(36-28-52-31-39-67(63)71(51)72(52)68)60-18-8-15-56(44-60)57-24-23-45-9-4-5-12-53(45)41-57/h1-44H. The summed E-state index contributed by atoms with van der Waals surface area (Å²) in [4.78, 5) is 0. The van der Waals surface area contributed by atoms with Crippen LogP contribution in [0.2, 0.25) is 0 Å². The zero-order chi connectivity index (χ0) is 47.3. The van der Waals surface area contributed by atoms with Gasteiger partial charge in [-0.05, 0) is 178 Å². The second-order valence-electron chi connectivity index (χ2n) is 19.5. The van der Waals surface area contributed by atoms with Crippen LogP contribution in [0.5, 0.6) is 0 Å². The molecule has 0 spiro atoms. The Morgan fingerprint density at radius 2 is 0.431 bits per heavy atom. The van der Waals surface area contributed by atoms with Crippen LogP contribution in [-0.2, 0) is 0 Å². The first kappa shape index (κ1) is 40.5. The minimum absolute atomic E-state index is 1.20. The van der Waals surface area contributed by atoms with E-state index >= 15 is 0 Å². The molecule has 0 amide bonds. The molecular weight excluding hydrogens is 865 g/mol. The molecule has 0 saturated carbocycles. The number of benzene rings is 15. The lowest BCUT2D eigenvalue weighted by Gasteiger charge is -2.17. The van der Waals surface area contributed by atoms with Crippen LogP contribution in [-0.4, -0.2) is 0 Å². The van der Waals surface area contributed by atoms with Crippen molar-refractivity contribution in [1.29, 1.82) is 0 Å². The molecule has 0 heterocycles. The smallest absolute Gasteiger partial charge is 0.00203 e. The summed E-state index contributed by atoms with van der Waals surface area (Å²) in [5, 5.41) is 18.1. The molecule has 0 radical (unpaired) electrons. The molecule has 0 heteroatoms. The van der Waals surface area contributed by atoms with Crippen LogP contribution in [0.15, 0.2) is 267 Å². The molecule has 0 atom stereocenters. The van der Waals surface area contributed by atoms with Crippen LogP contribution in [0.3, 0.4) is 0 Å². The molecule has 0 aliphatic carbocycles. The first-order valence-corrected chi connectivity index (χ1v) is 25.0. The quantitative estimate of drug-likeness (QED) is 0.140. The molecule has 15 rings (SSSR count). The lowest BCUT2D eigenvalue weighted by Crippen LogP contribution is -1.90. The van der Waals surface area contributed by atoms with Gasteiger partial charge < -0.3 is 0 Å². The first-order chi connectivity index (χ1) is 35.7. The minimum atomic E-state index is 1.20. The van der Waals surface area contributed by atoms with Crippen molar-refractivity contribution in [3.63, 3.8) is 0 Å². The largest absolute Gasteiger partial charge is 0.0622 e. The fourth-order valence-corrected chi connectivity index (χ4v) is 12.0. The second-order valence-corrected chi connectivity index (χ2v) is 19.5. The van der Waals surface area contributed by atoms with E-state index in [-0.39, 0.29) is 0 Å². The zero-order valence-electron chi connectivity index (χ0n) is 39.4. The van der Waals surface area contributed by atoms with Crippen molar-refractivity contribution in [2.75, 3.05) is 0 Å². The maximum atomic E-state index is 2.36. The van der Waals surface area contributed by atoms with Crippen molar-refractivity contribution < 1.29 is 0 Å². The lowest BCUT2D eigenvalue weighted by atomic mass is 9.86. The van der Waals surface area contributed by atoms with E-state index in [0.29, 0.717) is 0 Å². The lowest BCUT2D eigenvalue weighted by molar-refractivity contribution is 1.58. The molecule has 0 N–H and O–H groups in total. The molecule has 0 aromatic heterocycles. The summed E-state index contributed by atoms with van der Waals surface area (Å²) in [6.07, 6.45) is 0. The van der Waals surface area contributed by atoms with Crippen molar-refractivity contribution in [2.45, 2.75) is 0 Å². The SMILES string of the molecule is c1ccc(-c2ccc3ccc4c(-c5cccc(-c6ccc(-c7cccc(-c8ccc9ccc%10c(-c%11cccc(-c%12ccc%13ccccc%13c%12)c%11)ccc%11ccc8c9c%11%10)c7)cc6)c5)ccc5ccc2c3c54)cc1. The number of fused-ring (bicyclic) bond motifs is 1. The topological polar surface area (TPSA) is 0 Å². The van der Waals surface area contributed by atoms with Gasteiger partial charge in [-0.1, -0.05) is 243 Å². The second kappa shape index (κ2) is 16.1. The van der Waals surface area contributed by atoms with Crippen molar-refractivity contribution in [2.24, 2.45) is 0 Å². The fraction of sp³-hybridized carbons (Fsp3) is 0. The van der Waals surface area contributed by atoms with E-state index in [4.69, 9.17) is 0 Å². The van der Waals surface area contributed by atoms with Gasteiger partial charge in [0.05, 0.1) is 0 Å². The predicted molar refractivity (Wildman–Crippen MR) is 309 cm³/mol. The van der Waals surface area contributed by atoms with Gasteiger partial charge in [0.1, 0.15) is 0 Å². The maximum absolute atomic E-state index is 2.36. The van der Waals surface area contributed by atoms with Crippen LogP contribution in [0.1, 0.15) is 0 Å². The Labute approximate surface area is 418 Å². The van der Waals surface area contributed by atoms with Crippen molar-refractivity contribution >= 4 is 75.4 Å². The monoisotopic (exact) mass is 908 g/mol. The van der Waals surface area contributed by atoms with Crippen LogP contribution < -0.4 is 0 Å². The molecule has 15 aromatic carbocycles. The van der Waals surface area contributed by atoms with Gasteiger partial charge in [0.25, 0.3) is 0 Å². The molecule has 0 fully saturated rings. The van der Waals surface area contributed by atoms with Crippen molar-refractivity contribution in [3.8, 4) is 77.9 Å². The van der Waals surface area contributed by atoms with Crippen molar-refractivity contribution in [1.82, 2.24) is 0 Å². The molecule has 0 aliphatic rings. The summed E-state index contributed by atoms with van der Waals surface area (Å²) >= 11 is 0. The Balaban J connectivity index is 0.758. The summed E-state index contributed by atoms with van der Waals surface area (Å²) in [6.45, 7) is 0. The average Bonchev–Trinajstić information content (AvgIpc) is 3.46. The highest BCUT2D eigenvalue weighted by Crippen LogP contribution is 2.45. The predicted octanol–water partition coefficient (Wildman–Crippen LogP) is 20.3. The summed E-state index contributed by atoms with van der Waals surface area (Å²) in [5.74, 6) is 0. The van der Waals surface area contributed by atoms with E-state index in [9.17, 15) is 0 Å². The molecule has 332 valence electrons. The minimum Gasteiger partial charge on any atom is -0.0622 e. The van der Waals surface area contributed by atoms with Gasteiger partial charge in [-0.15, -0.1) is 0 Å². The third-order valence-corrected chi connectivity index (χ3v) is 15.6. The van der Waals surface area contributed by atoms with E-state index in [1.165, 1.54) is 153 Å². The maximum Gasteiger partial charge on any atom is -0.00203 e. The van der Waals surface area contributed by atoms with E-state index in [0.717, 1.165) is 0 Å². The number of hydrogen-bond donors (Lipinski definition) is 0. The van der Waals surface area contributed by atoms with Crippen LogP contribution in [0.4, 0.5) is 0 Å². The van der Waals surface area contributed by atoms with E-state index in [1.54, 1.807) is 0 Å². The van der Waals surface area contributed by atoms with E-state index < -0.39 is 0 Å². The van der Waals surface area contributed by atoms with Gasteiger partial charge in [0.2, 0.25) is 0 Å². The molecule has 0 saturated heterocycles. The Morgan fingerprint density at radius 1 is 0.139 bits per heavy atom. The van der Waals surface area contributed by atoms with Gasteiger partial charge in [-0.25, -0.2) is 0 Å². The molecule has 0 unspecified atom stereocenters.